The molecular formula is C14H19ClN2O3. The van der Waals surface area contributed by atoms with Gasteiger partial charge in [0.05, 0.1) is 0 Å². The van der Waals surface area contributed by atoms with Gasteiger partial charge in [0.1, 0.15) is 5.60 Å². The lowest BCUT2D eigenvalue weighted by Gasteiger charge is -2.19. The van der Waals surface area contributed by atoms with Crippen molar-refractivity contribution >= 4 is 23.6 Å². The van der Waals surface area contributed by atoms with Gasteiger partial charge in [-0.1, -0.05) is 17.7 Å². The Kier molecular flexibility index (Phi) is 5.82. The highest BCUT2D eigenvalue weighted by molar-refractivity contribution is 6.30. The second kappa shape index (κ2) is 7.14. The summed E-state index contributed by atoms with van der Waals surface area (Å²) in [5.41, 5.74) is -0.0523. The molecule has 2 amide bonds. The van der Waals surface area contributed by atoms with E-state index in [1.807, 2.05) is 0 Å². The van der Waals surface area contributed by atoms with E-state index in [-0.39, 0.29) is 5.91 Å². The predicted molar refractivity (Wildman–Crippen MR) is 78.0 cm³/mol. The SMILES string of the molecule is CC(C)(C)OC(=O)NCCNC(=O)c1cccc(Cl)c1. The fourth-order valence-corrected chi connectivity index (χ4v) is 1.58. The summed E-state index contributed by atoms with van der Waals surface area (Å²) in [7, 11) is 0. The Morgan fingerprint density at radius 3 is 2.45 bits per heavy atom. The summed E-state index contributed by atoms with van der Waals surface area (Å²) < 4.78 is 5.06. The zero-order valence-electron chi connectivity index (χ0n) is 11.8. The highest BCUT2D eigenvalue weighted by atomic mass is 35.5. The molecule has 0 aliphatic carbocycles. The summed E-state index contributed by atoms with van der Waals surface area (Å²) >= 11 is 5.80. The van der Waals surface area contributed by atoms with Crippen molar-refractivity contribution < 1.29 is 14.3 Å². The number of hydrogen-bond donors (Lipinski definition) is 2. The van der Waals surface area contributed by atoms with E-state index in [9.17, 15) is 9.59 Å². The molecule has 0 bridgehead atoms. The molecule has 0 saturated heterocycles. The van der Waals surface area contributed by atoms with Crippen molar-refractivity contribution in [2.24, 2.45) is 0 Å². The molecule has 2 N–H and O–H groups in total. The number of nitrogens with one attached hydrogen (secondary N) is 2. The van der Waals surface area contributed by atoms with Crippen LogP contribution >= 0.6 is 11.6 Å². The summed E-state index contributed by atoms with van der Waals surface area (Å²) in [6.45, 7) is 5.96. The van der Waals surface area contributed by atoms with Crippen LogP contribution in [0.15, 0.2) is 24.3 Å². The predicted octanol–water partition coefficient (Wildman–Crippen LogP) is 2.59. The molecule has 0 saturated carbocycles. The number of ether oxygens (including phenoxy) is 1. The Morgan fingerprint density at radius 2 is 1.85 bits per heavy atom. The minimum atomic E-state index is -0.534. The number of carbonyl (C=O) groups is 2. The summed E-state index contributed by atoms with van der Waals surface area (Å²) in [6, 6.07) is 6.65. The van der Waals surface area contributed by atoms with Gasteiger partial charge in [-0.05, 0) is 39.0 Å². The van der Waals surface area contributed by atoms with Gasteiger partial charge in [-0.15, -0.1) is 0 Å². The molecule has 6 heteroatoms. The average Bonchev–Trinajstić information content (AvgIpc) is 2.32. The number of halogens is 1. The first kappa shape index (κ1) is 16.3. The maximum atomic E-state index is 11.8. The lowest BCUT2D eigenvalue weighted by Crippen LogP contribution is -2.37. The van der Waals surface area contributed by atoms with Gasteiger partial charge in [0.25, 0.3) is 5.91 Å². The third kappa shape index (κ3) is 6.43. The van der Waals surface area contributed by atoms with Crippen molar-refractivity contribution in [2.75, 3.05) is 13.1 Å². The van der Waals surface area contributed by atoms with Gasteiger partial charge in [-0.25, -0.2) is 4.79 Å². The smallest absolute Gasteiger partial charge is 0.407 e. The Bertz CT molecular complexity index is 484. The van der Waals surface area contributed by atoms with Crippen LogP contribution in [0.3, 0.4) is 0 Å². The maximum Gasteiger partial charge on any atom is 0.407 e. The molecule has 0 spiro atoms. The van der Waals surface area contributed by atoms with Crippen molar-refractivity contribution in [2.45, 2.75) is 26.4 Å². The molecule has 0 aromatic heterocycles. The van der Waals surface area contributed by atoms with Gasteiger partial charge in [-0.2, -0.15) is 0 Å². The molecule has 20 heavy (non-hydrogen) atoms. The third-order valence-corrected chi connectivity index (χ3v) is 2.40. The molecule has 0 atom stereocenters. The van der Waals surface area contributed by atoms with E-state index in [0.717, 1.165) is 0 Å². The van der Waals surface area contributed by atoms with Crippen LogP contribution in [0.5, 0.6) is 0 Å². The summed E-state index contributed by atoms with van der Waals surface area (Å²) in [4.78, 5) is 23.1. The molecule has 0 heterocycles. The van der Waals surface area contributed by atoms with Crippen LogP contribution < -0.4 is 10.6 Å². The maximum absolute atomic E-state index is 11.8. The summed E-state index contributed by atoms with van der Waals surface area (Å²) in [5.74, 6) is -0.238. The number of alkyl carbamates (subject to hydrolysis) is 1. The van der Waals surface area contributed by atoms with Crippen LogP contribution in [0.4, 0.5) is 4.79 Å². The van der Waals surface area contributed by atoms with E-state index in [1.165, 1.54) is 0 Å². The van der Waals surface area contributed by atoms with E-state index < -0.39 is 11.7 Å². The number of amides is 2. The topological polar surface area (TPSA) is 67.4 Å². The molecule has 1 aromatic carbocycles. The van der Waals surface area contributed by atoms with Crippen LogP contribution in [0.2, 0.25) is 5.02 Å². The summed E-state index contributed by atoms with van der Waals surface area (Å²) in [5, 5.41) is 5.74. The Balaban J connectivity index is 2.28. The van der Waals surface area contributed by atoms with Crippen molar-refractivity contribution in [1.29, 1.82) is 0 Å². The molecule has 0 aliphatic heterocycles. The molecule has 0 aliphatic rings. The van der Waals surface area contributed by atoms with Crippen LogP contribution in [-0.4, -0.2) is 30.7 Å². The van der Waals surface area contributed by atoms with Gasteiger partial charge in [0, 0.05) is 23.7 Å². The Labute approximate surface area is 123 Å². The van der Waals surface area contributed by atoms with Gasteiger partial charge < -0.3 is 15.4 Å². The van der Waals surface area contributed by atoms with Crippen molar-refractivity contribution in [3.63, 3.8) is 0 Å². The van der Waals surface area contributed by atoms with E-state index in [0.29, 0.717) is 23.7 Å². The number of rotatable bonds is 4. The largest absolute Gasteiger partial charge is 0.444 e. The highest BCUT2D eigenvalue weighted by Gasteiger charge is 2.15. The van der Waals surface area contributed by atoms with Gasteiger partial charge in [-0.3, -0.25) is 4.79 Å². The molecule has 0 radical (unpaired) electrons. The van der Waals surface area contributed by atoms with E-state index in [4.69, 9.17) is 16.3 Å². The Hall–Kier alpha value is -1.75. The Morgan fingerprint density at radius 1 is 1.20 bits per heavy atom. The average molecular weight is 299 g/mol. The highest BCUT2D eigenvalue weighted by Crippen LogP contribution is 2.10. The first-order chi connectivity index (χ1) is 9.28. The first-order valence-electron chi connectivity index (χ1n) is 6.28. The second-order valence-electron chi connectivity index (χ2n) is 5.19. The standard InChI is InChI=1S/C14H19ClN2O3/c1-14(2,3)20-13(19)17-8-7-16-12(18)10-5-4-6-11(15)9-10/h4-6,9H,7-8H2,1-3H3,(H,16,18)(H,17,19). The fraction of sp³-hybridized carbons (Fsp3) is 0.429. The minimum Gasteiger partial charge on any atom is -0.444 e. The normalized spacial score (nSPS) is 10.8. The molecule has 0 unspecified atom stereocenters. The lowest BCUT2D eigenvalue weighted by atomic mass is 10.2. The number of hydrogen-bond acceptors (Lipinski definition) is 3. The van der Waals surface area contributed by atoms with Gasteiger partial charge >= 0.3 is 6.09 Å². The monoisotopic (exact) mass is 298 g/mol. The quantitative estimate of drug-likeness (QED) is 0.840. The zero-order chi connectivity index (χ0) is 15.2. The third-order valence-electron chi connectivity index (χ3n) is 2.17. The zero-order valence-corrected chi connectivity index (χ0v) is 12.6. The first-order valence-corrected chi connectivity index (χ1v) is 6.66. The molecule has 5 nitrogen and oxygen atoms in total. The molecule has 110 valence electrons. The molecule has 1 rings (SSSR count). The van der Waals surface area contributed by atoms with E-state index in [2.05, 4.69) is 10.6 Å². The van der Waals surface area contributed by atoms with Crippen molar-refractivity contribution in [3.05, 3.63) is 34.9 Å². The molecule has 1 aromatic rings. The fourth-order valence-electron chi connectivity index (χ4n) is 1.39. The lowest BCUT2D eigenvalue weighted by molar-refractivity contribution is 0.0526. The van der Waals surface area contributed by atoms with Crippen LogP contribution in [0.25, 0.3) is 0 Å². The van der Waals surface area contributed by atoms with E-state index in [1.54, 1.807) is 45.0 Å². The van der Waals surface area contributed by atoms with Crippen LogP contribution in [-0.2, 0) is 4.74 Å². The number of carbonyl (C=O) groups excluding carboxylic acids is 2. The second-order valence-corrected chi connectivity index (χ2v) is 5.63. The van der Waals surface area contributed by atoms with Crippen molar-refractivity contribution in [3.8, 4) is 0 Å². The number of benzene rings is 1. The molecule has 0 fully saturated rings. The van der Waals surface area contributed by atoms with Crippen LogP contribution in [0, 0.1) is 0 Å². The van der Waals surface area contributed by atoms with Crippen molar-refractivity contribution in [1.82, 2.24) is 10.6 Å². The van der Waals surface area contributed by atoms with E-state index >= 15 is 0 Å². The van der Waals surface area contributed by atoms with Gasteiger partial charge in [0.2, 0.25) is 0 Å². The molecular weight excluding hydrogens is 280 g/mol. The van der Waals surface area contributed by atoms with Gasteiger partial charge in [0.15, 0.2) is 0 Å². The summed E-state index contributed by atoms with van der Waals surface area (Å²) in [6.07, 6.45) is -0.505. The minimum absolute atomic E-state index is 0.238. The van der Waals surface area contributed by atoms with Crippen LogP contribution in [0.1, 0.15) is 31.1 Å².